The van der Waals surface area contributed by atoms with Gasteiger partial charge >= 0.3 is 0 Å². The van der Waals surface area contributed by atoms with Crippen LogP contribution in [0.4, 0.5) is 5.69 Å². The van der Waals surface area contributed by atoms with Gasteiger partial charge in [-0.25, -0.2) is 0 Å². The van der Waals surface area contributed by atoms with Gasteiger partial charge in [0, 0.05) is 24.6 Å². The molecule has 1 heterocycles. The molecule has 0 radical (unpaired) electrons. The highest BCUT2D eigenvalue weighted by Crippen LogP contribution is 2.32. The minimum Gasteiger partial charge on any atom is -0.374 e. The van der Waals surface area contributed by atoms with Gasteiger partial charge in [0.2, 0.25) is 0 Å². The molecular weight excluding hydrogens is 250 g/mol. The number of rotatable bonds is 2. The first-order valence-corrected chi connectivity index (χ1v) is 6.57. The second-order valence-corrected chi connectivity index (χ2v) is 5.59. The van der Waals surface area contributed by atoms with Crippen molar-refractivity contribution in [3.05, 3.63) is 29.3 Å². The Morgan fingerprint density at radius 1 is 1.40 bits per heavy atom. The smallest absolute Gasteiger partial charge is 0.0397 e. The van der Waals surface area contributed by atoms with E-state index in [4.69, 9.17) is 0 Å². The molecule has 0 saturated carbocycles. The highest BCUT2D eigenvalue weighted by Gasteiger charge is 2.22. The predicted molar refractivity (Wildman–Crippen MR) is 70.2 cm³/mol. The van der Waals surface area contributed by atoms with E-state index in [1.165, 1.54) is 23.2 Å². The fourth-order valence-corrected chi connectivity index (χ4v) is 2.39. The van der Waals surface area contributed by atoms with Crippen LogP contribution in [-0.2, 0) is 11.8 Å². The van der Waals surface area contributed by atoms with Crippen LogP contribution in [0.1, 0.15) is 25.0 Å². The van der Waals surface area contributed by atoms with Gasteiger partial charge in [-0.15, -0.1) is 0 Å². The number of likely N-dealkylation sites (N-methyl/N-ethyl adjacent to an activating group) is 1. The van der Waals surface area contributed by atoms with Crippen LogP contribution in [0.2, 0.25) is 0 Å². The first-order chi connectivity index (χ1) is 7.04. The van der Waals surface area contributed by atoms with Crippen LogP contribution < -0.4 is 4.90 Å². The van der Waals surface area contributed by atoms with Gasteiger partial charge < -0.3 is 4.90 Å². The Hall–Kier alpha value is -0.500. The van der Waals surface area contributed by atoms with Gasteiger partial charge in [0.15, 0.2) is 0 Å². The number of hydrogen-bond donors (Lipinski definition) is 0. The Balaban J connectivity index is 2.39. The molecule has 1 aromatic carbocycles. The number of fused-ring (bicyclic) bond motifs is 1. The van der Waals surface area contributed by atoms with Crippen molar-refractivity contribution in [2.45, 2.75) is 25.7 Å². The average Bonchev–Trinajstić information content (AvgIpc) is 2.60. The van der Waals surface area contributed by atoms with E-state index in [0.717, 1.165) is 11.9 Å². The number of alkyl halides is 1. The van der Waals surface area contributed by atoms with Gasteiger partial charge in [-0.3, -0.25) is 0 Å². The Kier molecular flexibility index (Phi) is 2.80. The van der Waals surface area contributed by atoms with Gasteiger partial charge in [-0.1, -0.05) is 41.9 Å². The lowest BCUT2D eigenvalue weighted by Gasteiger charge is -2.23. The Morgan fingerprint density at radius 2 is 2.13 bits per heavy atom. The van der Waals surface area contributed by atoms with Gasteiger partial charge in [-0.2, -0.15) is 0 Å². The largest absolute Gasteiger partial charge is 0.374 e. The van der Waals surface area contributed by atoms with E-state index in [9.17, 15) is 0 Å². The summed E-state index contributed by atoms with van der Waals surface area (Å²) >= 11 is 3.59. The third-order valence-electron chi connectivity index (χ3n) is 3.32. The maximum atomic E-state index is 3.59. The zero-order chi connectivity index (χ0) is 11.1. The van der Waals surface area contributed by atoms with Crippen molar-refractivity contribution in [3.8, 4) is 0 Å². The van der Waals surface area contributed by atoms with Crippen molar-refractivity contribution in [1.29, 1.82) is 0 Å². The highest BCUT2D eigenvalue weighted by atomic mass is 79.9. The Morgan fingerprint density at radius 3 is 2.80 bits per heavy atom. The van der Waals surface area contributed by atoms with Crippen LogP contribution in [0, 0.1) is 0 Å². The van der Waals surface area contributed by atoms with Gasteiger partial charge in [0.25, 0.3) is 0 Å². The molecule has 1 aliphatic rings. The minimum atomic E-state index is 0.232. The molecule has 0 aliphatic carbocycles. The fraction of sp³-hybridized carbons (Fsp3) is 0.538. The van der Waals surface area contributed by atoms with E-state index in [0.29, 0.717) is 0 Å². The number of nitrogens with zero attached hydrogens (tertiary/aromatic N) is 1. The zero-order valence-corrected chi connectivity index (χ0v) is 11.3. The van der Waals surface area contributed by atoms with E-state index in [1.54, 1.807) is 0 Å². The lowest BCUT2D eigenvalue weighted by atomic mass is 9.86. The van der Waals surface area contributed by atoms with Crippen LogP contribution in [0.5, 0.6) is 0 Å². The summed E-state index contributed by atoms with van der Waals surface area (Å²) in [5.41, 5.74) is 4.58. The van der Waals surface area contributed by atoms with Crippen LogP contribution in [0.3, 0.4) is 0 Å². The molecule has 1 aliphatic heterocycles. The van der Waals surface area contributed by atoms with Crippen LogP contribution >= 0.6 is 15.9 Å². The summed E-state index contributed by atoms with van der Waals surface area (Å²) in [4.78, 5) is 2.33. The summed E-state index contributed by atoms with van der Waals surface area (Å²) < 4.78 is 0. The molecule has 2 rings (SSSR count). The molecule has 0 saturated heterocycles. The second kappa shape index (κ2) is 3.82. The first kappa shape index (κ1) is 11.0. The van der Waals surface area contributed by atoms with Crippen molar-refractivity contribution in [2.24, 2.45) is 0 Å². The lowest BCUT2D eigenvalue weighted by Crippen LogP contribution is -2.19. The van der Waals surface area contributed by atoms with Crippen LogP contribution in [-0.4, -0.2) is 18.9 Å². The average molecular weight is 268 g/mol. The van der Waals surface area contributed by atoms with Gasteiger partial charge in [-0.05, 0) is 29.0 Å². The summed E-state index contributed by atoms with van der Waals surface area (Å²) in [5.74, 6) is 0. The van der Waals surface area contributed by atoms with Crippen molar-refractivity contribution < 1.29 is 0 Å². The summed E-state index contributed by atoms with van der Waals surface area (Å²) in [7, 11) is 2.17. The van der Waals surface area contributed by atoms with Crippen molar-refractivity contribution >= 4 is 21.6 Å². The monoisotopic (exact) mass is 267 g/mol. The molecule has 0 N–H and O–H groups in total. The lowest BCUT2D eigenvalue weighted by molar-refractivity contribution is 0.606. The molecule has 0 aromatic heterocycles. The molecule has 1 nitrogen and oxygen atoms in total. The van der Waals surface area contributed by atoms with Gasteiger partial charge in [0.05, 0.1) is 0 Å². The topological polar surface area (TPSA) is 3.24 Å². The van der Waals surface area contributed by atoms with Gasteiger partial charge in [0.1, 0.15) is 0 Å². The normalized spacial score (nSPS) is 15.6. The summed E-state index contributed by atoms with van der Waals surface area (Å²) in [6, 6.07) is 6.91. The molecule has 0 unspecified atom stereocenters. The molecule has 2 heteroatoms. The van der Waals surface area contributed by atoms with E-state index in [-0.39, 0.29) is 5.41 Å². The zero-order valence-electron chi connectivity index (χ0n) is 9.68. The third-order valence-corrected chi connectivity index (χ3v) is 4.72. The molecule has 0 amide bonds. The molecule has 82 valence electrons. The second-order valence-electron chi connectivity index (χ2n) is 5.03. The van der Waals surface area contributed by atoms with Crippen molar-refractivity contribution in [3.63, 3.8) is 0 Å². The molecule has 0 bridgehead atoms. The van der Waals surface area contributed by atoms with Crippen LogP contribution in [0.25, 0.3) is 0 Å². The quantitative estimate of drug-likeness (QED) is 0.743. The maximum Gasteiger partial charge on any atom is 0.0397 e. The first-order valence-electron chi connectivity index (χ1n) is 5.45. The third kappa shape index (κ3) is 1.92. The molecule has 0 atom stereocenters. The number of halogens is 1. The molecule has 15 heavy (non-hydrogen) atoms. The standard InChI is InChI=1S/C13H18BrN/c1-13(2,9-14)11-4-5-12-10(8-11)6-7-15(12)3/h4-5,8H,6-7,9H2,1-3H3. The highest BCUT2D eigenvalue weighted by molar-refractivity contribution is 9.09. The van der Waals surface area contributed by atoms with Crippen molar-refractivity contribution in [1.82, 2.24) is 0 Å². The fourth-order valence-electron chi connectivity index (χ4n) is 2.06. The SMILES string of the molecule is CN1CCc2cc(C(C)(C)CBr)ccc21. The summed E-state index contributed by atoms with van der Waals surface area (Å²) in [5, 5.41) is 1.01. The number of hydrogen-bond acceptors (Lipinski definition) is 1. The van der Waals surface area contributed by atoms with E-state index >= 15 is 0 Å². The van der Waals surface area contributed by atoms with E-state index in [1.807, 2.05) is 0 Å². The summed E-state index contributed by atoms with van der Waals surface area (Å²) in [6.07, 6.45) is 1.19. The maximum absolute atomic E-state index is 3.59. The predicted octanol–water partition coefficient (Wildman–Crippen LogP) is 3.35. The van der Waals surface area contributed by atoms with Crippen molar-refractivity contribution in [2.75, 3.05) is 23.8 Å². The van der Waals surface area contributed by atoms with Crippen LogP contribution in [0.15, 0.2) is 18.2 Å². The molecule has 0 fully saturated rings. The van der Waals surface area contributed by atoms with E-state index < -0.39 is 0 Å². The Bertz CT molecular complexity index is 371. The number of anilines is 1. The molecule has 1 aromatic rings. The number of benzene rings is 1. The Labute approximate surface area is 101 Å². The minimum absolute atomic E-state index is 0.232. The molecular formula is C13H18BrN. The van der Waals surface area contributed by atoms with E-state index in [2.05, 4.69) is 59.9 Å². The molecule has 0 spiro atoms. The summed E-state index contributed by atoms with van der Waals surface area (Å²) in [6.45, 7) is 5.72.